The molecular weight excluding hydrogens is 531 g/mol. The van der Waals surface area contributed by atoms with E-state index in [-0.39, 0.29) is 24.0 Å². The zero-order valence-electron chi connectivity index (χ0n) is 20.3. The average Bonchev–Trinajstić information content (AvgIpc) is 3.21. The fourth-order valence-electron chi connectivity index (χ4n) is 4.71. The van der Waals surface area contributed by atoms with Crippen molar-refractivity contribution >= 4 is 38.5 Å². The second-order valence-electron chi connectivity index (χ2n) is 9.28. The summed E-state index contributed by atoms with van der Waals surface area (Å²) in [5.74, 6) is -1.76. The molecule has 9 nitrogen and oxygen atoms in total. The van der Waals surface area contributed by atoms with Crippen molar-refractivity contribution in [3.63, 3.8) is 0 Å². The highest BCUT2D eigenvalue weighted by molar-refractivity contribution is 7.88. The van der Waals surface area contributed by atoms with Crippen LogP contribution in [0.5, 0.6) is 5.75 Å². The molecule has 0 bridgehead atoms. The van der Waals surface area contributed by atoms with E-state index in [1.54, 1.807) is 12.1 Å². The van der Waals surface area contributed by atoms with E-state index >= 15 is 0 Å². The van der Waals surface area contributed by atoms with Gasteiger partial charge < -0.3 is 10.4 Å². The largest absolute Gasteiger partial charge is 0.506 e. The van der Waals surface area contributed by atoms with Crippen molar-refractivity contribution in [1.29, 1.82) is 0 Å². The second kappa shape index (κ2) is 10.7. The molecule has 12 heteroatoms. The Kier molecular flexibility index (Phi) is 7.37. The van der Waals surface area contributed by atoms with Gasteiger partial charge in [0.2, 0.25) is 21.2 Å². The number of rotatable bonds is 7. The van der Waals surface area contributed by atoms with Crippen LogP contribution in [0.3, 0.4) is 0 Å². The monoisotopic (exact) mass is 558 g/mol. The Balaban J connectivity index is 1.24. The van der Waals surface area contributed by atoms with Gasteiger partial charge in [0.25, 0.3) is 5.91 Å². The van der Waals surface area contributed by atoms with Crippen molar-refractivity contribution in [3.05, 3.63) is 78.1 Å². The van der Waals surface area contributed by atoms with E-state index < -0.39 is 38.7 Å². The van der Waals surface area contributed by atoms with E-state index in [0.29, 0.717) is 37.1 Å². The van der Waals surface area contributed by atoms with E-state index in [1.165, 1.54) is 16.4 Å². The standard InChI is InChI=1S/C26H27FN4O5S2/c27-23-14-20(15-24(32)26(23)31-16-25(33)29-37(31)34)19-7-4-8-22(13-19)28-21-9-11-30(12-10-21)38(35,36)17-18-5-2-1-3-6-18/h1-8,13-15,21,28,32H,9-12,16-17H2,(H,29,33). The fraction of sp³-hybridized carbons (Fsp3) is 0.269. The number of phenols is 1. The van der Waals surface area contributed by atoms with Gasteiger partial charge in [-0.15, -0.1) is 0 Å². The van der Waals surface area contributed by atoms with Crippen LogP contribution >= 0.6 is 0 Å². The van der Waals surface area contributed by atoms with E-state index in [9.17, 15) is 26.9 Å². The maximum Gasteiger partial charge on any atom is 0.253 e. The van der Waals surface area contributed by atoms with Crippen molar-refractivity contribution in [2.75, 3.05) is 29.3 Å². The van der Waals surface area contributed by atoms with Gasteiger partial charge in [-0.25, -0.2) is 21.3 Å². The summed E-state index contributed by atoms with van der Waals surface area (Å²) in [6.07, 6.45) is 1.28. The minimum atomic E-state index is -3.40. The van der Waals surface area contributed by atoms with Crippen molar-refractivity contribution in [2.24, 2.45) is 0 Å². The normalized spacial score (nSPS) is 18.9. The van der Waals surface area contributed by atoms with Crippen LogP contribution < -0.4 is 14.3 Å². The first-order valence-electron chi connectivity index (χ1n) is 12.1. The number of halogens is 1. The first-order chi connectivity index (χ1) is 18.2. The number of anilines is 2. The number of sulfonamides is 1. The fourth-order valence-corrected chi connectivity index (χ4v) is 7.23. The van der Waals surface area contributed by atoms with Gasteiger partial charge in [-0.1, -0.05) is 42.5 Å². The van der Waals surface area contributed by atoms with Crippen LogP contribution in [0.15, 0.2) is 66.7 Å². The minimum Gasteiger partial charge on any atom is -0.506 e. The molecule has 2 heterocycles. The molecule has 1 unspecified atom stereocenters. The molecule has 2 saturated heterocycles. The molecule has 2 aliphatic rings. The number of hydrogen-bond donors (Lipinski definition) is 3. The number of benzene rings is 3. The molecule has 5 rings (SSSR count). The van der Waals surface area contributed by atoms with Crippen LogP contribution in [0.25, 0.3) is 11.1 Å². The summed E-state index contributed by atoms with van der Waals surface area (Å²) in [6, 6.07) is 19.1. The van der Waals surface area contributed by atoms with Gasteiger partial charge in [-0.3, -0.25) is 13.8 Å². The number of carbonyl (C=O) groups is 1. The van der Waals surface area contributed by atoms with Gasteiger partial charge in [0.1, 0.15) is 18.0 Å². The lowest BCUT2D eigenvalue weighted by molar-refractivity contribution is -0.117. The van der Waals surface area contributed by atoms with E-state index in [1.807, 2.05) is 42.5 Å². The van der Waals surface area contributed by atoms with Gasteiger partial charge in [0.15, 0.2) is 5.82 Å². The highest BCUT2D eigenvalue weighted by Crippen LogP contribution is 2.37. The van der Waals surface area contributed by atoms with Crippen LogP contribution in [-0.4, -0.2) is 53.6 Å². The topological polar surface area (TPSA) is 119 Å². The molecule has 3 N–H and O–H groups in total. The Morgan fingerprint density at radius 3 is 2.42 bits per heavy atom. The van der Waals surface area contributed by atoms with Gasteiger partial charge in [-0.05, 0) is 53.8 Å². The van der Waals surface area contributed by atoms with Crippen molar-refractivity contribution in [1.82, 2.24) is 9.03 Å². The van der Waals surface area contributed by atoms with E-state index in [2.05, 4.69) is 10.0 Å². The van der Waals surface area contributed by atoms with E-state index in [4.69, 9.17) is 0 Å². The van der Waals surface area contributed by atoms with Crippen LogP contribution in [-0.2, 0) is 31.7 Å². The Morgan fingerprint density at radius 1 is 1.03 bits per heavy atom. The quantitative estimate of drug-likeness (QED) is 0.410. The Hall–Kier alpha value is -3.48. The summed E-state index contributed by atoms with van der Waals surface area (Å²) in [6.45, 7) is 0.521. The third-order valence-corrected chi connectivity index (χ3v) is 9.55. The zero-order chi connectivity index (χ0) is 26.9. The molecule has 1 atom stereocenters. The number of amides is 1. The molecule has 0 spiro atoms. The maximum absolute atomic E-state index is 14.9. The SMILES string of the molecule is O=C1CN(c2c(O)cc(-c3cccc(NC4CCN(S(=O)(=O)Cc5ccccc5)CC4)c3)cc2F)S(=O)N1. The van der Waals surface area contributed by atoms with Crippen LogP contribution in [0.2, 0.25) is 0 Å². The molecule has 3 aromatic rings. The number of carbonyl (C=O) groups excluding carboxylic acids is 1. The van der Waals surface area contributed by atoms with Crippen molar-refractivity contribution in [2.45, 2.75) is 24.6 Å². The molecule has 0 aromatic heterocycles. The minimum absolute atomic E-state index is 0.0172. The molecule has 0 saturated carbocycles. The van der Waals surface area contributed by atoms with Gasteiger partial charge >= 0.3 is 0 Å². The maximum atomic E-state index is 14.9. The lowest BCUT2D eigenvalue weighted by atomic mass is 10.0. The highest BCUT2D eigenvalue weighted by Gasteiger charge is 2.32. The first kappa shape index (κ1) is 26.1. The summed E-state index contributed by atoms with van der Waals surface area (Å²) in [5, 5.41) is 13.9. The predicted molar refractivity (Wildman–Crippen MR) is 144 cm³/mol. The third kappa shape index (κ3) is 5.66. The Bertz CT molecular complexity index is 1450. The van der Waals surface area contributed by atoms with Crippen LogP contribution in [0, 0.1) is 5.82 Å². The molecule has 0 aliphatic carbocycles. The second-order valence-corrected chi connectivity index (χ2v) is 12.4. The van der Waals surface area contributed by atoms with Crippen LogP contribution in [0.1, 0.15) is 18.4 Å². The first-order valence-corrected chi connectivity index (χ1v) is 14.8. The molecule has 38 heavy (non-hydrogen) atoms. The highest BCUT2D eigenvalue weighted by atomic mass is 32.2. The molecule has 2 fully saturated rings. The number of piperidine rings is 1. The van der Waals surface area contributed by atoms with Gasteiger partial charge in [0.05, 0.1) is 5.75 Å². The lowest BCUT2D eigenvalue weighted by Gasteiger charge is -2.32. The van der Waals surface area contributed by atoms with Gasteiger partial charge in [0, 0.05) is 24.8 Å². The van der Waals surface area contributed by atoms with Crippen LogP contribution in [0.4, 0.5) is 15.8 Å². The number of nitrogens with one attached hydrogen (secondary N) is 2. The summed E-state index contributed by atoms with van der Waals surface area (Å²) in [5.41, 5.74) is 2.31. The molecule has 1 amide bonds. The number of aromatic hydroxyl groups is 1. The summed E-state index contributed by atoms with van der Waals surface area (Å²) >= 11 is -1.96. The Labute approximate surface area is 223 Å². The molecule has 2 aliphatic heterocycles. The molecule has 200 valence electrons. The average molecular weight is 559 g/mol. The summed E-state index contributed by atoms with van der Waals surface area (Å²) in [4.78, 5) is 11.5. The Morgan fingerprint density at radius 2 is 1.76 bits per heavy atom. The van der Waals surface area contributed by atoms with E-state index in [0.717, 1.165) is 15.6 Å². The van der Waals surface area contributed by atoms with Crippen molar-refractivity contribution in [3.8, 4) is 16.9 Å². The number of hydrogen-bond acceptors (Lipinski definition) is 6. The molecule has 3 aromatic carbocycles. The molecule has 0 radical (unpaired) electrons. The summed E-state index contributed by atoms with van der Waals surface area (Å²) < 4.78 is 57.3. The number of phenolic OH excluding ortho intramolecular Hbond substituents is 1. The summed E-state index contributed by atoms with van der Waals surface area (Å²) in [7, 11) is -3.40. The molecular formula is C26H27FN4O5S2. The predicted octanol–water partition coefficient (Wildman–Crippen LogP) is 3.12. The number of nitrogens with zero attached hydrogens (tertiary/aromatic N) is 2. The van der Waals surface area contributed by atoms with Crippen molar-refractivity contribution < 1.29 is 26.9 Å². The van der Waals surface area contributed by atoms with Gasteiger partial charge in [-0.2, -0.15) is 0 Å². The zero-order valence-corrected chi connectivity index (χ0v) is 22.0. The smallest absolute Gasteiger partial charge is 0.253 e. The third-order valence-electron chi connectivity index (χ3n) is 6.59. The lowest BCUT2D eigenvalue weighted by Crippen LogP contribution is -2.42.